The van der Waals surface area contributed by atoms with Crippen molar-refractivity contribution >= 4 is 5.97 Å². The Bertz CT molecular complexity index is 263. The Kier molecular flexibility index (Phi) is 4.00. The lowest BCUT2D eigenvalue weighted by Gasteiger charge is -2.44. The molecule has 3 unspecified atom stereocenters. The summed E-state index contributed by atoms with van der Waals surface area (Å²) in [5.41, 5.74) is 0.420. The molecule has 1 N–H and O–H groups in total. The zero-order valence-corrected chi connectivity index (χ0v) is 11.2. The van der Waals surface area contributed by atoms with Crippen LogP contribution >= 0.6 is 0 Å². The molecule has 1 aliphatic carbocycles. The number of carbonyl (C=O) groups is 1. The summed E-state index contributed by atoms with van der Waals surface area (Å²) in [6.07, 6.45) is 3.50. The average molecular weight is 227 g/mol. The smallest absolute Gasteiger partial charge is 0.320 e. The van der Waals surface area contributed by atoms with Crippen LogP contribution in [0.2, 0.25) is 0 Å². The van der Waals surface area contributed by atoms with Gasteiger partial charge in [0.25, 0.3) is 0 Å². The molecule has 0 amide bonds. The van der Waals surface area contributed by atoms with Crippen molar-refractivity contribution in [2.24, 2.45) is 11.3 Å². The number of carboxylic acids is 1. The molecule has 1 fully saturated rings. The van der Waals surface area contributed by atoms with E-state index in [0.29, 0.717) is 17.4 Å². The second kappa shape index (κ2) is 4.74. The minimum atomic E-state index is -0.723. The second-order valence-corrected chi connectivity index (χ2v) is 6.13. The van der Waals surface area contributed by atoms with Crippen molar-refractivity contribution in [1.29, 1.82) is 0 Å². The molecule has 0 spiro atoms. The van der Waals surface area contributed by atoms with Gasteiger partial charge >= 0.3 is 5.97 Å². The summed E-state index contributed by atoms with van der Waals surface area (Å²) in [6, 6.07) is 0.0350. The van der Waals surface area contributed by atoms with Gasteiger partial charge in [-0.3, -0.25) is 9.69 Å². The van der Waals surface area contributed by atoms with Crippen molar-refractivity contribution in [2.45, 2.75) is 59.0 Å². The molecule has 0 aromatic heterocycles. The van der Waals surface area contributed by atoms with Crippen LogP contribution < -0.4 is 0 Å². The number of hydrogen-bond acceptors (Lipinski definition) is 2. The molecule has 0 aliphatic heterocycles. The Morgan fingerprint density at radius 2 is 2.06 bits per heavy atom. The number of likely N-dealkylation sites (N-methyl/N-ethyl adjacent to an activating group) is 1. The Morgan fingerprint density at radius 1 is 1.50 bits per heavy atom. The summed E-state index contributed by atoms with van der Waals surface area (Å²) in [6.45, 7) is 8.63. The molecule has 3 atom stereocenters. The summed E-state index contributed by atoms with van der Waals surface area (Å²) in [5, 5.41) is 9.03. The van der Waals surface area contributed by atoms with E-state index in [1.165, 1.54) is 12.8 Å². The van der Waals surface area contributed by atoms with Gasteiger partial charge in [-0.15, -0.1) is 0 Å². The Hall–Kier alpha value is -0.570. The van der Waals surface area contributed by atoms with E-state index in [1.807, 2.05) is 11.9 Å². The van der Waals surface area contributed by atoms with Crippen LogP contribution in [0, 0.1) is 11.3 Å². The van der Waals surface area contributed by atoms with Crippen LogP contribution in [0.1, 0.15) is 47.0 Å². The average Bonchev–Trinajstić information content (AvgIpc) is 2.14. The third-order valence-corrected chi connectivity index (χ3v) is 4.14. The summed E-state index contributed by atoms with van der Waals surface area (Å²) >= 11 is 0. The number of carboxylic acid groups (broad SMARTS) is 1. The molecule has 0 aromatic carbocycles. The van der Waals surface area contributed by atoms with Crippen LogP contribution in [0.4, 0.5) is 0 Å². The molecule has 3 nitrogen and oxygen atoms in total. The second-order valence-electron chi connectivity index (χ2n) is 6.13. The van der Waals surface area contributed by atoms with E-state index in [2.05, 4.69) is 20.8 Å². The molecule has 0 saturated heterocycles. The van der Waals surface area contributed by atoms with Gasteiger partial charge in [-0.1, -0.05) is 20.8 Å². The first-order chi connectivity index (χ1) is 7.24. The first kappa shape index (κ1) is 13.5. The van der Waals surface area contributed by atoms with E-state index >= 15 is 0 Å². The molecular formula is C13H25NO2. The lowest BCUT2D eigenvalue weighted by atomic mass is 9.70. The molecular weight excluding hydrogens is 202 g/mol. The lowest BCUT2D eigenvalue weighted by molar-refractivity contribution is -0.143. The van der Waals surface area contributed by atoms with E-state index in [0.717, 1.165) is 6.42 Å². The maximum atomic E-state index is 11.0. The number of rotatable bonds is 3. The van der Waals surface area contributed by atoms with Gasteiger partial charge in [-0.25, -0.2) is 0 Å². The first-order valence-electron chi connectivity index (χ1n) is 6.19. The van der Waals surface area contributed by atoms with E-state index in [-0.39, 0.29) is 6.04 Å². The third kappa shape index (κ3) is 2.97. The molecule has 16 heavy (non-hydrogen) atoms. The van der Waals surface area contributed by atoms with Crippen molar-refractivity contribution in [2.75, 3.05) is 7.05 Å². The SMILES string of the molecule is CC1CC(C)(C)CCC1N(C)C(C)C(=O)O. The molecule has 1 rings (SSSR count). The summed E-state index contributed by atoms with van der Waals surface area (Å²) in [5.74, 6) is -0.143. The lowest BCUT2D eigenvalue weighted by Crippen LogP contribution is -2.49. The number of aliphatic carboxylic acids is 1. The maximum absolute atomic E-state index is 11.0. The van der Waals surface area contributed by atoms with Gasteiger partial charge in [0.2, 0.25) is 0 Å². The van der Waals surface area contributed by atoms with Gasteiger partial charge in [0.1, 0.15) is 6.04 Å². The van der Waals surface area contributed by atoms with Crippen LogP contribution in [0.15, 0.2) is 0 Å². The Balaban J connectivity index is 2.65. The fraction of sp³-hybridized carbons (Fsp3) is 0.923. The van der Waals surface area contributed by atoms with Gasteiger partial charge in [-0.05, 0) is 44.6 Å². The van der Waals surface area contributed by atoms with Crippen LogP contribution in [0.25, 0.3) is 0 Å². The van der Waals surface area contributed by atoms with Crippen molar-refractivity contribution in [3.05, 3.63) is 0 Å². The van der Waals surface area contributed by atoms with Crippen LogP contribution in [0.3, 0.4) is 0 Å². The van der Waals surface area contributed by atoms with Crippen molar-refractivity contribution < 1.29 is 9.90 Å². The van der Waals surface area contributed by atoms with E-state index < -0.39 is 5.97 Å². The van der Waals surface area contributed by atoms with Gasteiger partial charge in [0, 0.05) is 6.04 Å². The van der Waals surface area contributed by atoms with Gasteiger partial charge in [-0.2, -0.15) is 0 Å². The minimum Gasteiger partial charge on any atom is -0.480 e. The zero-order valence-electron chi connectivity index (χ0n) is 11.2. The number of hydrogen-bond donors (Lipinski definition) is 1. The third-order valence-electron chi connectivity index (χ3n) is 4.14. The van der Waals surface area contributed by atoms with Crippen molar-refractivity contribution in [3.63, 3.8) is 0 Å². The highest BCUT2D eigenvalue weighted by Crippen LogP contribution is 2.40. The van der Waals surface area contributed by atoms with Gasteiger partial charge < -0.3 is 5.11 Å². The highest BCUT2D eigenvalue weighted by molar-refractivity contribution is 5.72. The molecule has 94 valence electrons. The highest BCUT2D eigenvalue weighted by atomic mass is 16.4. The van der Waals surface area contributed by atoms with Crippen LogP contribution in [-0.4, -0.2) is 35.1 Å². The topological polar surface area (TPSA) is 40.5 Å². The monoisotopic (exact) mass is 227 g/mol. The quantitative estimate of drug-likeness (QED) is 0.805. The molecule has 0 radical (unpaired) electrons. The molecule has 1 saturated carbocycles. The minimum absolute atomic E-state index is 0.381. The normalized spacial score (nSPS) is 31.4. The molecule has 1 aliphatic rings. The predicted octanol–water partition coefficient (Wildman–Crippen LogP) is 2.61. The molecule has 0 bridgehead atoms. The maximum Gasteiger partial charge on any atom is 0.320 e. The Morgan fingerprint density at radius 3 is 2.50 bits per heavy atom. The fourth-order valence-electron chi connectivity index (χ4n) is 3.00. The summed E-state index contributed by atoms with van der Waals surface area (Å²) in [4.78, 5) is 13.0. The molecule has 3 heteroatoms. The molecule has 0 aromatic rings. The fourth-order valence-corrected chi connectivity index (χ4v) is 3.00. The van der Waals surface area contributed by atoms with Crippen molar-refractivity contribution in [3.8, 4) is 0 Å². The highest BCUT2D eigenvalue weighted by Gasteiger charge is 2.36. The number of nitrogens with zero attached hydrogens (tertiary/aromatic N) is 1. The first-order valence-corrected chi connectivity index (χ1v) is 6.19. The predicted molar refractivity (Wildman–Crippen MR) is 65.4 cm³/mol. The van der Waals surface area contributed by atoms with Gasteiger partial charge in [0.15, 0.2) is 0 Å². The van der Waals surface area contributed by atoms with E-state index in [1.54, 1.807) is 6.92 Å². The van der Waals surface area contributed by atoms with Crippen molar-refractivity contribution in [1.82, 2.24) is 4.90 Å². The largest absolute Gasteiger partial charge is 0.480 e. The Labute approximate surface area is 98.8 Å². The van der Waals surface area contributed by atoms with Crippen LogP contribution in [-0.2, 0) is 4.79 Å². The summed E-state index contributed by atoms with van der Waals surface area (Å²) in [7, 11) is 1.94. The molecule has 0 heterocycles. The summed E-state index contributed by atoms with van der Waals surface area (Å²) < 4.78 is 0. The van der Waals surface area contributed by atoms with E-state index in [4.69, 9.17) is 5.11 Å². The van der Waals surface area contributed by atoms with Crippen LogP contribution in [0.5, 0.6) is 0 Å². The zero-order chi connectivity index (χ0) is 12.5. The van der Waals surface area contributed by atoms with Gasteiger partial charge in [0.05, 0.1) is 0 Å². The van der Waals surface area contributed by atoms with E-state index in [9.17, 15) is 4.79 Å². The standard InChI is InChI=1S/C13H25NO2/c1-9-8-13(3,4)7-6-11(9)14(5)10(2)12(15)16/h9-11H,6-8H2,1-5H3,(H,15,16).